The van der Waals surface area contributed by atoms with Crippen molar-refractivity contribution in [3.05, 3.63) is 65.4 Å². The Morgan fingerprint density at radius 3 is 2.60 bits per heavy atom. The van der Waals surface area contributed by atoms with Crippen LogP contribution in [0.5, 0.6) is 5.75 Å². The van der Waals surface area contributed by atoms with Crippen molar-refractivity contribution in [3.63, 3.8) is 0 Å². The Hall–Kier alpha value is -3.36. The van der Waals surface area contributed by atoms with Crippen LogP contribution in [-0.2, 0) is 16.6 Å². The van der Waals surface area contributed by atoms with Gasteiger partial charge in [-0.25, -0.2) is 0 Å². The number of para-hydroxylation sites is 1. The van der Waals surface area contributed by atoms with Crippen LogP contribution in [0.3, 0.4) is 0 Å². The third-order valence-electron chi connectivity index (χ3n) is 7.02. The van der Waals surface area contributed by atoms with Crippen molar-refractivity contribution in [2.75, 3.05) is 53.0 Å². The summed E-state index contributed by atoms with van der Waals surface area (Å²) in [4.78, 5) is 30.6. The number of aryl methyl sites for hydroxylation is 1. The van der Waals surface area contributed by atoms with Crippen molar-refractivity contribution in [2.24, 2.45) is 7.05 Å². The molecule has 2 aliphatic heterocycles. The normalized spacial score (nSPS) is 18.2. The standard InChI is InChI=1S/C27H32N4O4/c1-29-22-7-4-3-6-21(22)24-25(19-8-10-20(34-2)11-9-19)31(27(33)26(24)29)18-23(32)28-12-5-13-30-14-16-35-17-15-30/h3-4,6-11,25H,5,12-18H2,1-2H3,(H,28,32)/t25-/m1/s1. The third kappa shape index (κ3) is 4.51. The molecule has 8 heteroatoms. The number of nitrogens with zero attached hydrogens (tertiary/aromatic N) is 3. The second-order valence-corrected chi connectivity index (χ2v) is 9.10. The Bertz CT molecular complexity index is 1210. The van der Waals surface area contributed by atoms with Gasteiger partial charge in [0.25, 0.3) is 5.91 Å². The maximum absolute atomic E-state index is 13.6. The lowest BCUT2D eigenvalue weighted by Gasteiger charge is -2.27. The molecule has 0 bridgehead atoms. The van der Waals surface area contributed by atoms with Crippen LogP contribution in [0.1, 0.15) is 34.1 Å². The van der Waals surface area contributed by atoms with E-state index < -0.39 is 0 Å². The number of carbonyl (C=O) groups excluding carboxylic acids is 2. The van der Waals surface area contributed by atoms with Crippen molar-refractivity contribution < 1.29 is 19.1 Å². The first-order chi connectivity index (χ1) is 17.1. The second kappa shape index (κ2) is 10.1. The van der Waals surface area contributed by atoms with Gasteiger partial charge in [-0.15, -0.1) is 0 Å². The molecule has 0 aliphatic carbocycles. The van der Waals surface area contributed by atoms with E-state index in [4.69, 9.17) is 9.47 Å². The van der Waals surface area contributed by atoms with Crippen LogP contribution < -0.4 is 10.1 Å². The van der Waals surface area contributed by atoms with Gasteiger partial charge in [-0.1, -0.05) is 30.3 Å². The third-order valence-corrected chi connectivity index (χ3v) is 7.02. The van der Waals surface area contributed by atoms with E-state index in [9.17, 15) is 9.59 Å². The predicted molar refractivity (Wildman–Crippen MR) is 134 cm³/mol. The smallest absolute Gasteiger partial charge is 0.272 e. The molecule has 1 saturated heterocycles. The summed E-state index contributed by atoms with van der Waals surface area (Å²) in [7, 11) is 3.55. The van der Waals surface area contributed by atoms with Crippen LogP contribution in [-0.4, -0.2) is 79.2 Å². The van der Waals surface area contributed by atoms with Gasteiger partial charge in [0.05, 0.1) is 26.4 Å². The van der Waals surface area contributed by atoms with E-state index in [2.05, 4.69) is 10.2 Å². The molecule has 0 spiro atoms. The Kier molecular flexibility index (Phi) is 6.74. The zero-order valence-electron chi connectivity index (χ0n) is 20.3. The van der Waals surface area contributed by atoms with Gasteiger partial charge in [-0.2, -0.15) is 0 Å². The highest BCUT2D eigenvalue weighted by Crippen LogP contribution is 2.43. The predicted octanol–water partition coefficient (Wildman–Crippen LogP) is 2.57. The van der Waals surface area contributed by atoms with E-state index in [-0.39, 0.29) is 24.4 Å². The molecule has 1 fully saturated rings. The summed E-state index contributed by atoms with van der Waals surface area (Å²) in [5.74, 6) is 0.486. The Labute approximate surface area is 205 Å². The van der Waals surface area contributed by atoms with Gasteiger partial charge < -0.3 is 24.3 Å². The fourth-order valence-corrected chi connectivity index (χ4v) is 5.23. The first-order valence-corrected chi connectivity index (χ1v) is 12.2. The summed E-state index contributed by atoms with van der Waals surface area (Å²) >= 11 is 0. The lowest BCUT2D eigenvalue weighted by molar-refractivity contribution is -0.122. The molecule has 2 aliphatic rings. The Balaban J connectivity index is 1.36. The van der Waals surface area contributed by atoms with Crippen molar-refractivity contribution in [2.45, 2.75) is 12.5 Å². The van der Waals surface area contributed by atoms with Gasteiger partial charge in [-0.05, 0) is 36.7 Å². The molecule has 1 atom stereocenters. The van der Waals surface area contributed by atoms with E-state index in [1.54, 1.807) is 12.0 Å². The summed E-state index contributed by atoms with van der Waals surface area (Å²) in [6.07, 6.45) is 0.868. The molecule has 5 rings (SSSR count). The summed E-state index contributed by atoms with van der Waals surface area (Å²) in [6, 6.07) is 15.4. The number of morpholine rings is 1. The number of ether oxygens (including phenoxy) is 2. The quantitative estimate of drug-likeness (QED) is 0.506. The minimum atomic E-state index is -0.339. The molecule has 1 aromatic heterocycles. The van der Waals surface area contributed by atoms with Crippen LogP contribution in [0.25, 0.3) is 10.9 Å². The molecule has 8 nitrogen and oxygen atoms in total. The van der Waals surface area contributed by atoms with Gasteiger partial charge in [0.2, 0.25) is 5.91 Å². The number of benzene rings is 2. The number of amides is 2. The lowest BCUT2D eigenvalue weighted by Crippen LogP contribution is -2.41. The largest absolute Gasteiger partial charge is 0.497 e. The average molecular weight is 477 g/mol. The lowest BCUT2D eigenvalue weighted by atomic mass is 9.98. The van der Waals surface area contributed by atoms with Crippen LogP contribution >= 0.6 is 0 Å². The number of carbonyl (C=O) groups is 2. The number of rotatable bonds is 8. The topological polar surface area (TPSA) is 76.0 Å². The number of hydrogen-bond donors (Lipinski definition) is 1. The Morgan fingerprint density at radius 1 is 1.11 bits per heavy atom. The molecular weight excluding hydrogens is 444 g/mol. The zero-order chi connectivity index (χ0) is 24.4. The zero-order valence-corrected chi connectivity index (χ0v) is 20.3. The maximum atomic E-state index is 13.6. The first-order valence-electron chi connectivity index (χ1n) is 12.2. The van der Waals surface area contributed by atoms with Crippen molar-refractivity contribution in [1.82, 2.24) is 19.7 Å². The highest BCUT2D eigenvalue weighted by Gasteiger charge is 2.42. The van der Waals surface area contributed by atoms with E-state index >= 15 is 0 Å². The minimum absolute atomic E-state index is 0.0100. The number of methoxy groups -OCH3 is 1. The minimum Gasteiger partial charge on any atom is -0.497 e. The molecule has 0 radical (unpaired) electrons. The molecule has 35 heavy (non-hydrogen) atoms. The van der Waals surface area contributed by atoms with E-state index in [1.165, 1.54) is 0 Å². The van der Waals surface area contributed by atoms with E-state index in [0.717, 1.165) is 67.0 Å². The molecule has 3 aromatic rings. The van der Waals surface area contributed by atoms with E-state index in [1.807, 2.05) is 60.1 Å². The summed E-state index contributed by atoms with van der Waals surface area (Å²) < 4.78 is 12.7. The van der Waals surface area contributed by atoms with Crippen LogP contribution in [0.4, 0.5) is 0 Å². The molecule has 1 N–H and O–H groups in total. The van der Waals surface area contributed by atoms with Crippen molar-refractivity contribution in [1.29, 1.82) is 0 Å². The molecule has 0 saturated carbocycles. The molecule has 3 heterocycles. The summed E-state index contributed by atoms with van der Waals surface area (Å²) in [5, 5.41) is 4.05. The molecule has 184 valence electrons. The fraction of sp³-hybridized carbons (Fsp3) is 0.407. The van der Waals surface area contributed by atoms with Crippen LogP contribution in [0.15, 0.2) is 48.5 Å². The number of aromatic nitrogens is 1. The van der Waals surface area contributed by atoms with Gasteiger partial charge in [0.15, 0.2) is 0 Å². The highest BCUT2D eigenvalue weighted by atomic mass is 16.5. The molecule has 0 unspecified atom stereocenters. The van der Waals surface area contributed by atoms with Gasteiger partial charge in [0, 0.05) is 43.1 Å². The fourth-order valence-electron chi connectivity index (χ4n) is 5.23. The van der Waals surface area contributed by atoms with E-state index in [0.29, 0.717) is 12.2 Å². The number of hydrogen-bond acceptors (Lipinski definition) is 5. The van der Waals surface area contributed by atoms with Crippen molar-refractivity contribution >= 4 is 22.7 Å². The number of fused-ring (bicyclic) bond motifs is 3. The first kappa shape index (κ1) is 23.4. The SMILES string of the molecule is COc1ccc([C@@H]2c3c(n(C)c4ccccc34)C(=O)N2CC(=O)NCCCN2CCOCC2)cc1. The maximum Gasteiger partial charge on any atom is 0.272 e. The molecule has 2 amide bonds. The average Bonchev–Trinajstić information content (AvgIpc) is 3.34. The van der Waals surface area contributed by atoms with Crippen molar-refractivity contribution in [3.8, 4) is 5.75 Å². The second-order valence-electron chi connectivity index (χ2n) is 9.10. The monoisotopic (exact) mass is 476 g/mol. The summed E-state index contributed by atoms with van der Waals surface area (Å²) in [5.41, 5.74) is 3.57. The molecule has 2 aromatic carbocycles. The van der Waals surface area contributed by atoms with Crippen LogP contribution in [0, 0.1) is 0 Å². The number of nitrogens with one attached hydrogen (secondary N) is 1. The Morgan fingerprint density at radius 2 is 1.86 bits per heavy atom. The van der Waals surface area contributed by atoms with Gasteiger partial charge in [0.1, 0.15) is 18.0 Å². The van der Waals surface area contributed by atoms with Crippen LogP contribution in [0.2, 0.25) is 0 Å². The molecular formula is C27H32N4O4. The van der Waals surface area contributed by atoms with Gasteiger partial charge in [-0.3, -0.25) is 14.5 Å². The van der Waals surface area contributed by atoms with Gasteiger partial charge >= 0.3 is 0 Å². The highest BCUT2D eigenvalue weighted by molar-refractivity contribution is 6.07. The summed E-state index contributed by atoms with van der Waals surface area (Å²) in [6.45, 7) is 4.93.